The Balaban J connectivity index is 1.36. The second-order valence-corrected chi connectivity index (χ2v) is 15.6. The Hall–Kier alpha value is -2.73. The zero-order chi connectivity index (χ0) is 30.1. The molecule has 2 aliphatic rings. The van der Waals surface area contributed by atoms with Crippen molar-refractivity contribution in [2.75, 3.05) is 50.7 Å². The number of methoxy groups -OCH3 is 1. The molecule has 1 saturated carbocycles. The molecule has 2 heterocycles. The van der Waals surface area contributed by atoms with Crippen LogP contribution >= 0.6 is 18.5 Å². The van der Waals surface area contributed by atoms with Crippen LogP contribution in [-0.2, 0) is 11.0 Å². The van der Waals surface area contributed by atoms with Crippen molar-refractivity contribution < 1.29 is 26.9 Å². The fraction of sp³-hybridized carbons (Fsp3) is 0.484. The highest BCUT2D eigenvalue weighted by Crippen LogP contribution is 2.40. The number of hydrogen-bond acceptors (Lipinski definition) is 6. The van der Waals surface area contributed by atoms with Crippen LogP contribution in [0.15, 0.2) is 36.4 Å². The first-order valence-electron chi connectivity index (χ1n) is 14.1. The molecule has 226 valence electrons. The van der Waals surface area contributed by atoms with Gasteiger partial charge < -0.3 is 19.9 Å². The summed E-state index contributed by atoms with van der Waals surface area (Å²) in [6.45, 7) is 4.73. The Kier molecular flexibility index (Phi) is 9.13. The maximum Gasteiger partial charge on any atom is 0.393 e. The number of anilines is 2. The summed E-state index contributed by atoms with van der Waals surface area (Å²) in [5, 5.41) is 7.64. The molecule has 2 fully saturated rings. The number of piperidine rings is 1. The van der Waals surface area contributed by atoms with E-state index in [1.807, 2.05) is 0 Å². The van der Waals surface area contributed by atoms with Crippen LogP contribution < -0.4 is 20.7 Å². The third-order valence-corrected chi connectivity index (χ3v) is 10.8. The summed E-state index contributed by atoms with van der Waals surface area (Å²) in [5.41, 5.74) is 1.43. The Morgan fingerprint density at radius 2 is 1.93 bits per heavy atom. The molecule has 0 radical (unpaired) electrons. The van der Waals surface area contributed by atoms with E-state index in [4.69, 9.17) is 4.74 Å². The SMILES string of the molecule is COc1cc(P(C)(C)=O)ccc1NCC#Cc1sc2c(N[C@@H]3CCN(C4CCC4)C[C@@H]3F)cccc2c1CC(F)(F)F. The van der Waals surface area contributed by atoms with Crippen molar-refractivity contribution in [3.05, 3.63) is 46.8 Å². The zero-order valence-corrected chi connectivity index (χ0v) is 25.7. The van der Waals surface area contributed by atoms with Gasteiger partial charge in [0.1, 0.15) is 19.1 Å². The molecule has 42 heavy (non-hydrogen) atoms. The molecule has 0 spiro atoms. The van der Waals surface area contributed by atoms with Crippen molar-refractivity contribution in [2.24, 2.45) is 0 Å². The van der Waals surface area contributed by atoms with Gasteiger partial charge in [0, 0.05) is 24.4 Å². The molecule has 0 unspecified atom stereocenters. The first-order chi connectivity index (χ1) is 19.9. The van der Waals surface area contributed by atoms with Gasteiger partial charge in [-0.25, -0.2) is 4.39 Å². The number of fused-ring (bicyclic) bond motifs is 1. The van der Waals surface area contributed by atoms with E-state index < -0.39 is 32.0 Å². The molecular weight excluding hydrogens is 585 g/mol. The number of benzene rings is 2. The van der Waals surface area contributed by atoms with E-state index in [2.05, 4.69) is 27.4 Å². The number of likely N-dealkylation sites (tertiary alicyclic amines) is 1. The molecule has 1 saturated heterocycles. The molecule has 1 aliphatic carbocycles. The molecule has 2 aromatic carbocycles. The van der Waals surface area contributed by atoms with E-state index in [-0.39, 0.29) is 12.1 Å². The third kappa shape index (κ3) is 7.07. The predicted octanol–water partition coefficient (Wildman–Crippen LogP) is 7.10. The monoisotopic (exact) mass is 621 g/mol. The van der Waals surface area contributed by atoms with Crippen LogP contribution in [0, 0.1) is 11.8 Å². The minimum Gasteiger partial charge on any atom is -0.495 e. The number of hydrogen-bond donors (Lipinski definition) is 2. The quantitative estimate of drug-likeness (QED) is 0.160. The normalized spacial score (nSPS) is 20.1. The van der Waals surface area contributed by atoms with Gasteiger partial charge in [-0.15, -0.1) is 11.3 Å². The van der Waals surface area contributed by atoms with Crippen LogP contribution in [0.25, 0.3) is 10.1 Å². The molecular formula is C31H36F4N3O2PS. The van der Waals surface area contributed by atoms with Gasteiger partial charge >= 0.3 is 6.18 Å². The summed E-state index contributed by atoms with van der Waals surface area (Å²) in [7, 11) is -0.952. The lowest BCUT2D eigenvalue weighted by Crippen LogP contribution is -2.53. The van der Waals surface area contributed by atoms with Gasteiger partial charge in [0.15, 0.2) is 0 Å². The third-order valence-electron chi connectivity index (χ3n) is 8.08. The molecule has 1 aliphatic heterocycles. The van der Waals surface area contributed by atoms with Crippen molar-refractivity contribution in [3.8, 4) is 17.6 Å². The van der Waals surface area contributed by atoms with E-state index >= 15 is 4.39 Å². The topological polar surface area (TPSA) is 53.6 Å². The van der Waals surface area contributed by atoms with Crippen molar-refractivity contribution in [1.29, 1.82) is 0 Å². The minimum absolute atomic E-state index is 0.138. The van der Waals surface area contributed by atoms with Crippen molar-refractivity contribution in [1.82, 2.24) is 4.90 Å². The van der Waals surface area contributed by atoms with Crippen LogP contribution in [0.2, 0.25) is 0 Å². The molecule has 0 bridgehead atoms. The number of nitrogens with zero attached hydrogens (tertiary/aromatic N) is 1. The van der Waals surface area contributed by atoms with E-state index in [0.717, 1.165) is 19.4 Å². The minimum atomic E-state index is -4.41. The standard InChI is InChI=1S/C31H36F4N3O2PS/c1-40-28-17-21(41(2,3)39)12-13-26(28)36-15-6-11-29-23(18-31(33,34)35)22-9-5-10-27(30(22)42-29)37-25-14-16-38(19-24(25)32)20-7-4-8-20/h5,9-10,12-13,17,20,24-25,36-37H,4,7-8,14-16,18-19H2,1-3H3/t24-,25+/m0/s1. The average molecular weight is 622 g/mol. The maximum atomic E-state index is 15.2. The fourth-order valence-electron chi connectivity index (χ4n) is 5.56. The van der Waals surface area contributed by atoms with Crippen molar-refractivity contribution in [3.63, 3.8) is 0 Å². The van der Waals surface area contributed by atoms with Crippen LogP contribution in [-0.4, -0.2) is 69.4 Å². The van der Waals surface area contributed by atoms with Gasteiger partial charge in [-0.1, -0.05) is 30.4 Å². The number of ether oxygens (including phenoxy) is 1. The lowest BCUT2D eigenvalue weighted by atomic mass is 9.89. The number of halogens is 4. The molecule has 3 aromatic rings. The van der Waals surface area contributed by atoms with Gasteiger partial charge in [0.25, 0.3) is 0 Å². The first-order valence-corrected chi connectivity index (χ1v) is 17.6. The number of alkyl halides is 4. The number of thiophene rings is 1. The highest BCUT2D eigenvalue weighted by molar-refractivity contribution is 7.70. The second kappa shape index (κ2) is 12.5. The first kappa shape index (κ1) is 30.7. The maximum absolute atomic E-state index is 15.2. The van der Waals surface area contributed by atoms with Gasteiger partial charge in [0.2, 0.25) is 0 Å². The van der Waals surface area contributed by atoms with Crippen molar-refractivity contribution in [2.45, 2.75) is 56.5 Å². The van der Waals surface area contributed by atoms with Crippen LogP contribution in [0.4, 0.5) is 28.9 Å². The Bertz CT molecular complexity index is 1540. The Morgan fingerprint density at radius 3 is 2.57 bits per heavy atom. The van der Waals surface area contributed by atoms with E-state index in [0.29, 0.717) is 56.4 Å². The summed E-state index contributed by atoms with van der Waals surface area (Å²) in [5.74, 6) is 6.42. The smallest absolute Gasteiger partial charge is 0.393 e. The molecule has 2 atom stereocenters. The lowest BCUT2D eigenvalue weighted by Gasteiger charge is -2.43. The highest BCUT2D eigenvalue weighted by atomic mass is 32.1. The molecule has 0 amide bonds. The number of nitrogens with one attached hydrogen (secondary N) is 2. The predicted molar refractivity (Wildman–Crippen MR) is 165 cm³/mol. The van der Waals surface area contributed by atoms with Crippen LogP contribution in [0.3, 0.4) is 0 Å². The molecule has 11 heteroatoms. The average Bonchev–Trinajstić information content (AvgIpc) is 3.23. The lowest BCUT2D eigenvalue weighted by molar-refractivity contribution is -0.126. The number of rotatable bonds is 8. The largest absolute Gasteiger partial charge is 0.495 e. The van der Waals surface area contributed by atoms with Crippen molar-refractivity contribution >= 4 is 45.2 Å². The summed E-state index contributed by atoms with van der Waals surface area (Å²) in [6.07, 6.45) is -2.46. The molecule has 5 rings (SSSR count). The van der Waals surface area contributed by atoms with Gasteiger partial charge in [-0.2, -0.15) is 13.2 Å². The molecule has 5 nitrogen and oxygen atoms in total. The van der Waals surface area contributed by atoms with Gasteiger partial charge in [-0.05, 0) is 67.8 Å². The van der Waals surface area contributed by atoms with Gasteiger partial charge in [0.05, 0.1) is 47.1 Å². The van der Waals surface area contributed by atoms with Crippen LogP contribution in [0.1, 0.15) is 36.1 Å². The highest BCUT2D eigenvalue weighted by Gasteiger charge is 2.35. The summed E-state index contributed by atoms with van der Waals surface area (Å²) in [6, 6.07) is 10.5. The summed E-state index contributed by atoms with van der Waals surface area (Å²) < 4.78 is 74.6. The Morgan fingerprint density at radius 1 is 1.14 bits per heavy atom. The van der Waals surface area contributed by atoms with E-state index in [1.54, 1.807) is 49.7 Å². The fourth-order valence-corrected chi connectivity index (χ4v) is 7.59. The van der Waals surface area contributed by atoms with E-state index in [9.17, 15) is 17.7 Å². The second-order valence-electron chi connectivity index (χ2n) is 11.4. The summed E-state index contributed by atoms with van der Waals surface area (Å²) >= 11 is 1.21. The van der Waals surface area contributed by atoms with Gasteiger partial charge in [-0.3, -0.25) is 4.90 Å². The van der Waals surface area contributed by atoms with Crippen LogP contribution in [0.5, 0.6) is 5.75 Å². The van der Waals surface area contributed by atoms with E-state index in [1.165, 1.54) is 24.9 Å². The molecule has 2 N–H and O–H groups in total. The summed E-state index contributed by atoms with van der Waals surface area (Å²) in [4.78, 5) is 2.58. The zero-order valence-electron chi connectivity index (χ0n) is 24.0. The Labute approximate surface area is 248 Å². The molecule has 1 aromatic heterocycles.